The molecule has 3 radical (unpaired) electrons. The van der Waals surface area contributed by atoms with E-state index >= 15 is 0 Å². The second-order valence-corrected chi connectivity index (χ2v) is 10.3. The predicted octanol–water partition coefficient (Wildman–Crippen LogP) is 8.99. The summed E-state index contributed by atoms with van der Waals surface area (Å²) >= 11 is 0. The monoisotopic (exact) mass is 608 g/mol. The molecular weight excluding hydrogens is 571 g/mol. The molecule has 0 atom stereocenters. The van der Waals surface area contributed by atoms with Crippen molar-refractivity contribution in [3.8, 4) is 0 Å². The number of nitrogens with zero attached hydrogens (tertiary/aromatic N) is 3. The van der Waals surface area contributed by atoms with Gasteiger partial charge in [0.15, 0.2) is 0 Å². The molecule has 5 aromatic carbocycles. The normalized spacial score (nSPS) is 10.5. The van der Waals surface area contributed by atoms with Crippen molar-refractivity contribution in [1.29, 1.82) is 0 Å². The summed E-state index contributed by atoms with van der Waals surface area (Å²) in [5, 5.41) is 12.0. The number of aryl methyl sites for hydroxylation is 1. The fourth-order valence-corrected chi connectivity index (χ4v) is 4.82. The van der Waals surface area contributed by atoms with E-state index in [9.17, 15) is 0 Å². The maximum Gasteiger partial charge on any atom is 0.331 e. The Morgan fingerprint density at radius 1 is 0.413 bits per heavy atom. The topological polar surface area (TPSA) is 61.5 Å². The summed E-state index contributed by atoms with van der Waals surface area (Å²) in [6, 6.07) is 40.5. The van der Waals surface area contributed by atoms with Crippen LogP contribution >= 0.6 is 0 Å². The zero-order valence-electron chi connectivity index (χ0n) is 26.8. The highest BCUT2D eigenvalue weighted by atomic mass is 16.6. The number of rotatable bonds is 15. The number of hydrogen-bond donors (Lipinski definition) is 2. The summed E-state index contributed by atoms with van der Waals surface area (Å²) < 4.78 is 17.6. The van der Waals surface area contributed by atoms with Crippen molar-refractivity contribution in [2.24, 2.45) is 0 Å². The van der Waals surface area contributed by atoms with Gasteiger partial charge in [-0.05, 0) is 116 Å². The van der Waals surface area contributed by atoms with Gasteiger partial charge in [-0.15, -0.1) is 0 Å². The Kier molecular flexibility index (Phi) is 11.3. The maximum atomic E-state index is 5.94. The van der Waals surface area contributed by atoms with Crippen LogP contribution in [0.15, 0.2) is 121 Å². The van der Waals surface area contributed by atoms with Crippen molar-refractivity contribution in [3.63, 3.8) is 0 Å². The minimum absolute atomic E-state index is 0.874. The molecule has 0 bridgehead atoms. The van der Waals surface area contributed by atoms with Gasteiger partial charge >= 0.3 is 22.4 Å². The van der Waals surface area contributed by atoms with Gasteiger partial charge in [-0.2, -0.15) is 0 Å². The van der Waals surface area contributed by atoms with Gasteiger partial charge in [0.25, 0.3) is 0 Å². The standard InChI is InChI=1S/C35H37B3N5O3/c1-26-6-14-30(15-7-26)41(44-36-2)34-22-24-35(25-23-34)43(46-38-4)33-20-12-29(13-21-33)40-28-10-18-32(19-11-28)42(45-37-3)31-16-8-27(39-5)9-17-31/h6-25,39-40H,1-5H3. The predicted molar refractivity (Wildman–Crippen MR) is 194 cm³/mol. The van der Waals surface area contributed by atoms with Crippen LogP contribution in [0.25, 0.3) is 0 Å². The largest absolute Gasteiger partial charge is 0.388 e. The molecule has 46 heavy (non-hydrogen) atoms. The quantitative estimate of drug-likeness (QED) is 0.0903. The molecule has 5 aromatic rings. The SMILES string of the molecule is C[B]ON(c1ccc(NC)cc1)c1ccc(Nc2ccc(N(O[B]C)c3ccc(N(O[B]C)c4ccc(C)cc4)cc3)cc2)cc1. The van der Waals surface area contributed by atoms with Crippen LogP contribution in [0.4, 0.5) is 51.2 Å². The highest BCUT2D eigenvalue weighted by Crippen LogP contribution is 2.33. The Hall–Kier alpha value is -4.83. The molecule has 0 amide bonds. The number of benzene rings is 5. The highest BCUT2D eigenvalue weighted by molar-refractivity contribution is 6.25. The van der Waals surface area contributed by atoms with Gasteiger partial charge in [0.1, 0.15) is 0 Å². The number of hydrogen-bond acceptors (Lipinski definition) is 8. The summed E-state index contributed by atoms with van der Waals surface area (Å²) in [6.45, 7) is 7.64. The zero-order chi connectivity index (χ0) is 32.3. The van der Waals surface area contributed by atoms with E-state index in [4.69, 9.17) is 14.3 Å². The van der Waals surface area contributed by atoms with Crippen LogP contribution in [0.3, 0.4) is 0 Å². The lowest BCUT2D eigenvalue weighted by Crippen LogP contribution is -2.20. The molecule has 0 aliphatic rings. The third kappa shape index (κ3) is 8.06. The van der Waals surface area contributed by atoms with Crippen LogP contribution in [0, 0.1) is 6.92 Å². The van der Waals surface area contributed by atoms with E-state index in [1.165, 1.54) is 5.56 Å². The second kappa shape index (κ2) is 15.9. The van der Waals surface area contributed by atoms with E-state index in [2.05, 4.69) is 29.7 Å². The van der Waals surface area contributed by atoms with Crippen LogP contribution < -0.4 is 25.8 Å². The van der Waals surface area contributed by atoms with Crippen molar-refractivity contribution in [1.82, 2.24) is 0 Å². The minimum atomic E-state index is 0.874. The first-order chi connectivity index (χ1) is 22.5. The number of nitrogens with one attached hydrogen (secondary N) is 2. The van der Waals surface area contributed by atoms with Crippen molar-refractivity contribution in [2.75, 3.05) is 32.9 Å². The minimum Gasteiger partial charge on any atom is -0.388 e. The van der Waals surface area contributed by atoms with Gasteiger partial charge in [-0.1, -0.05) is 38.2 Å². The van der Waals surface area contributed by atoms with E-state index in [1.54, 1.807) is 37.6 Å². The summed E-state index contributed by atoms with van der Waals surface area (Å²) in [7, 11) is 6.89. The first kappa shape index (κ1) is 32.6. The molecule has 0 saturated carbocycles. The zero-order valence-corrected chi connectivity index (χ0v) is 26.8. The summed E-state index contributed by atoms with van der Waals surface area (Å²) in [6.07, 6.45) is 0. The average molecular weight is 608 g/mol. The van der Waals surface area contributed by atoms with E-state index in [0.29, 0.717) is 0 Å². The molecule has 8 nitrogen and oxygen atoms in total. The van der Waals surface area contributed by atoms with Gasteiger partial charge in [0.05, 0.1) is 34.1 Å². The van der Waals surface area contributed by atoms with Crippen molar-refractivity contribution in [3.05, 3.63) is 127 Å². The molecule has 0 unspecified atom stereocenters. The molecule has 0 heterocycles. The lowest BCUT2D eigenvalue weighted by molar-refractivity contribution is 0.343. The van der Waals surface area contributed by atoms with Gasteiger partial charge in [-0.3, -0.25) is 0 Å². The third-order valence-electron chi connectivity index (χ3n) is 7.10. The van der Waals surface area contributed by atoms with E-state index < -0.39 is 0 Å². The Bertz CT molecular complexity index is 1640. The smallest absolute Gasteiger partial charge is 0.331 e. The Labute approximate surface area is 274 Å². The fraction of sp³-hybridized carbons (Fsp3) is 0.143. The Morgan fingerprint density at radius 2 is 0.674 bits per heavy atom. The average Bonchev–Trinajstić information content (AvgIpc) is 3.10. The molecule has 0 saturated heterocycles. The molecule has 229 valence electrons. The van der Waals surface area contributed by atoms with Crippen LogP contribution in [0.1, 0.15) is 5.56 Å². The van der Waals surface area contributed by atoms with Crippen LogP contribution in [0.5, 0.6) is 0 Å². The molecule has 2 N–H and O–H groups in total. The van der Waals surface area contributed by atoms with Crippen LogP contribution in [-0.2, 0) is 14.3 Å². The van der Waals surface area contributed by atoms with Crippen molar-refractivity contribution >= 4 is 73.6 Å². The maximum absolute atomic E-state index is 5.94. The van der Waals surface area contributed by atoms with Crippen molar-refractivity contribution < 1.29 is 14.3 Å². The molecular formula is C35H37B3N5O3. The van der Waals surface area contributed by atoms with Crippen molar-refractivity contribution in [2.45, 2.75) is 27.4 Å². The van der Waals surface area contributed by atoms with Gasteiger partial charge < -0.3 is 24.9 Å². The molecule has 11 heteroatoms. The molecule has 0 fully saturated rings. The van der Waals surface area contributed by atoms with Crippen LogP contribution in [-0.4, -0.2) is 29.5 Å². The Morgan fingerprint density at radius 3 is 0.957 bits per heavy atom. The molecule has 0 spiro atoms. The van der Waals surface area contributed by atoms with E-state index in [0.717, 1.165) is 51.2 Å². The first-order valence-electron chi connectivity index (χ1n) is 15.2. The summed E-state index contributed by atoms with van der Waals surface area (Å²) in [4.78, 5) is 0. The highest BCUT2D eigenvalue weighted by Gasteiger charge is 2.14. The van der Waals surface area contributed by atoms with E-state index in [1.807, 2.05) is 137 Å². The third-order valence-corrected chi connectivity index (χ3v) is 7.10. The lowest BCUT2D eigenvalue weighted by Gasteiger charge is -2.27. The molecule has 0 aliphatic carbocycles. The van der Waals surface area contributed by atoms with Gasteiger partial charge in [-0.25, -0.2) is 15.2 Å². The first-order valence-corrected chi connectivity index (χ1v) is 15.2. The molecule has 5 rings (SSSR count). The molecule has 0 aromatic heterocycles. The molecule has 0 aliphatic heterocycles. The van der Waals surface area contributed by atoms with Crippen LogP contribution in [0.2, 0.25) is 20.5 Å². The summed E-state index contributed by atoms with van der Waals surface area (Å²) in [5.74, 6) is 0. The number of anilines is 9. The van der Waals surface area contributed by atoms with Gasteiger partial charge in [0.2, 0.25) is 0 Å². The summed E-state index contributed by atoms with van der Waals surface area (Å²) in [5.41, 5.74) is 9.56. The second-order valence-electron chi connectivity index (χ2n) is 10.3. The van der Waals surface area contributed by atoms with Gasteiger partial charge in [0, 0.05) is 24.1 Å². The lowest BCUT2D eigenvalue weighted by atomic mass is 10.1. The fourth-order valence-electron chi connectivity index (χ4n) is 4.82. The van der Waals surface area contributed by atoms with E-state index in [-0.39, 0.29) is 0 Å². The Balaban J connectivity index is 1.28.